The van der Waals surface area contributed by atoms with Gasteiger partial charge in [0.2, 0.25) is 0 Å². The predicted octanol–water partition coefficient (Wildman–Crippen LogP) is 3.96. The van der Waals surface area contributed by atoms with Gasteiger partial charge >= 0.3 is 5.97 Å². The van der Waals surface area contributed by atoms with Gasteiger partial charge in [0, 0.05) is 6.08 Å². The van der Waals surface area contributed by atoms with E-state index in [2.05, 4.69) is 27.4 Å². The Hall–Kier alpha value is -0.790. The Kier molecular flexibility index (Phi) is 3.84. The normalized spacial score (nSPS) is 43.3. The highest BCUT2D eigenvalue weighted by molar-refractivity contribution is 5.81. The number of fused-ring (bicyclic) bond motifs is 2. The molecule has 102 valence electrons. The van der Waals surface area contributed by atoms with Crippen LogP contribution in [0.2, 0.25) is 0 Å². The number of carbonyl (C=O) groups is 1. The summed E-state index contributed by atoms with van der Waals surface area (Å²) in [5.74, 6) is 2.41. The Labute approximate surface area is 111 Å². The minimum atomic E-state index is -0.273. The van der Waals surface area contributed by atoms with Gasteiger partial charge in [-0.05, 0) is 62.7 Å². The van der Waals surface area contributed by atoms with E-state index >= 15 is 0 Å². The van der Waals surface area contributed by atoms with E-state index in [1.165, 1.54) is 31.8 Å². The van der Waals surface area contributed by atoms with Gasteiger partial charge in [-0.25, -0.2) is 4.79 Å². The first-order valence-corrected chi connectivity index (χ1v) is 7.35. The highest BCUT2D eigenvalue weighted by Crippen LogP contribution is 2.52. The van der Waals surface area contributed by atoms with Crippen molar-refractivity contribution in [3.8, 4) is 0 Å². The van der Waals surface area contributed by atoms with Crippen LogP contribution in [0.25, 0.3) is 0 Å². The number of ether oxygens (including phenoxy) is 1. The molecule has 0 heterocycles. The van der Waals surface area contributed by atoms with E-state index in [1.807, 2.05) is 0 Å². The third-order valence-electron chi connectivity index (χ3n) is 5.26. The van der Waals surface area contributed by atoms with E-state index in [1.54, 1.807) is 0 Å². The molecule has 0 spiro atoms. The molecule has 0 aliphatic heterocycles. The molecule has 0 N–H and O–H groups in total. The van der Waals surface area contributed by atoms with Crippen molar-refractivity contribution in [2.24, 2.45) is 23.7 Å². The van der Waals surface area contributed by atoms with Crippen LogP contribution in [0.3, 0.4) is 0 Å². The Morgan fingerprint density at radius 1 is 1.39 bits per heavy atom. The third-order valence-corrected chi connectivity index (χ3v) is 5.26. The lowest BCUT2D eigenvalue weighted by Crippen LogP contribution is -2.53. The van der Waals surface area contributed by atoms with Crippen LogP contribution in [0, 0.1) is 23.7 Å². The van der Waals surface area contributed by atoms with Crippen LogP contribution in [-0.2, 0) is 9.53 Å². The molecule has 0 saturated heterocycles. The summed E-state index contributed by atoms with van der Waals surface area (Å²) in [5, 5.41) is 0. The first kappa shape index (κ1) is 13.6. The summed E-state index contributed by atoms with van der Waals surface area (Å²) in [4.78, 5) is 11.6. The number of esters is 1. The molecule has 2 saturated carbocycles. The molecule has 0 radical (unpaired) electrons. The minimum Gasteiger partial charge on any atom is -0.456 e. The summed E-state index contributed by atoms with van der Waals surface area (Å²) in [6.07, 6.45) is 7.42. The van der Waals surface area contributed by atoms with E-state index < -0.39 is 0 Å². The van der Waals surface area contributed by atoms with Crippen LogP contribution in [0.5, 0.6) is 0 Å². The van der Waals surface area contributed by atoms with E-state index in [4.69, 9.17) is 4.74 Å². The van der Waals surface area contributed by atoms with Gasteiger partial charge in [0.1, 0.15) is 5.60 Å². The van der Waals surface area contributed by atoms with E-state index in [9.17, 15) is 4.79 Å². The highest BCUT2D eigenvalue weighted by atomic mass is 16.6. The molecule has 2 fully saturated rings. The van der Waals surface area contributed by atoms with Crippen LogP contribution < -0.4 is 0 Å². The lowest BCUT2D eigenvalue weighted by molar-refractivity contribution is -0.181. The molecular weight excluding hydrogens is 224 g/mol. The van der Waals surface area contributed by atoms with Crippen molar-refractivity contribution in [3.05, 3.63) is 12.7 Å². The maximum absolute atomic E-state index is 11.6. The number of hydrogen-bond acceptors (Lipinski definition) is 2. The molecular formula is C16H26O2. The summed E-state index contributed by atoms with van der Waals surface area (Å²) < 4.78 is 5.81. The lowest BCUT2D eigenvalue weighted by atomic mass is 9.57. The Bertz CT molecular complexity index is 334. The van der Waals surface area contributed by atoms with Crippen LogP contribution in [0.15, 0.2) is 12.7 Å². The quantitative estimate of drug-likeness (QED) is 0.560. The number of hydrogen-bond donors (Lipinski definition) is 0. The Balaban J connectivity index is 2.22. The van der Waals surface area contributed by atoms with E-state index in [0.717, 1.165) is 18.3 Å². The zero-order valence-corrected chi connectivity index (χ0v) is 11.9. The molecule has 5 atom stereocenters. The van der Waals surface area contributed by atoms with Crippen LogP contribution in [-0.4, -0.2) is 11.6 Å². The SMILES string of the molecule is C=CC(=O)OC1(C)C(CC)CC2CC(C)CC1C2. The third kappa shape index (κ3) is 2.34. The summed E-state index contributed by atoms with van der Waals surface area (Å²) in [6.45, 7) is 10.2. The second-order valence-electron chi connectivity index (χ2n) is 6.53. The Morgan fingerprint density at radius 2 is 2.11 bits per heavy atom. The first-order chi connectivity index (χ1) is 8.49. The fourth-order valence-corrected chi connectivity index (χ4v) is 4.37. The molecule has 2 aliphatic rings. The van der Waals surface area contributed by atoms with Gasteiger partial charge in [-0.3, -0.25) is 0 Å². The zero-order valence-electron chi connectivity index (χ0n) is 11.9. The fraction of sp³-hybridized carbons (Fsp3) is 0.812. The van der Waals surface area contributed by atoms with E-state index in [-0.39, 0.29) is 11.6 Å². The molecule has 5 unspecified atom stereocenters. The van der Waals surface area contributed by atoms with Gasteiger partial charge in [0.25, 0.3) is 0 Å². The first-order valence-electron chi connectivity index (χ1n) is 7.35. The van der Waals surface area contributed by atoms with Crippen LogP contribution in [0.4, 0.5) is 0 Å². The molecule has 2 rings (SSSR count). The lowest BCUT2D eigenvalue weighted by Gasteiger charge is -2.52. The summed E-state index contributed by atoms with van der Waals surface area (Å²) in [5.41, 5.74) is -0.273. The van der Waals surface area contributed by atoms with Crippen LogP contribution >= 0.6 is 0 Å². The summed E-state index contributed by atoms with van der Waals surface area (Å²) in [6, 6.07) is 0. The highest BCUT2D eigenvalue weighted by Gasteiger charge is 2.51. The second-order valence-corrected chi connectivity index (χ2v) is 6.53. The van der Waals surface area contributed by atoms with Crippen molar-refractivity contribution < 1.29 is 9.53 Å². The maximum Gasteiger partial charge on any atom is 0.330 e. The molecule has 0 aromatic rings. The van der Waals surface area contributed by atoms with Gasteiger partial charge in [0.05, 0.1) is 0 Å². The van der Waals surface area contributed by atoms with Gasteiger partial charge in [-0.15, -0.1) is 0 Å². The summed E-state index contributed by atoms with van der Waals surface area (Å²) >= 11 is 0. The van der Waals surface area contributed by atoms with Crippen LogP contribution in [0.1, 0.15) is 52.9 Å². The smallest absolute Gasteiger partial charge is 0.330 e. The maximum atomic E-state index is 11.6. The average Bonchev–Trinajstić information content (AvgIpc) is 2.33. The van der Waals surface area contributed by atoms with Crippen molar-refractivity contribution in [2.45, 2.75) is 58.5 Å². The van der Waals surface area contributed by atoms with Crippen molar-refractivity contribution in [3.63, 3.8) is 0 Å². The molecule has 0 aromatic carbocycles. The second kappa shape index (κ2) is 5.07. The monoisotopic (exact) mass is 250 g/mol. The molecule has 18 heavy (non-hydrogen) atoms. The topological polar surface area (TPSA) is 26.3 Å². The summed E-state index contributed by atoms with van der Waals surface area (Å²) in [7, 11) is 0. The average molecular weight is 250 g/mol. The zero-order chi connectivity index (χ0) is 13.3. The van der Waals surface area contributed by atoms with Crippen molar-refractivity contribution >= 4 is 5.97 Å². The number of carbonyl (C=O) groups excluding carboxylic acids is 1. The predicted molar refractivity (Wildman–Crippen MR) is 73.1 cm³/mol. The largest absolute Gasteiger partial charge is 0.456 e. The van der Waals surface area contributed by atoms with Crippen molar-refractivity contribution in [1.29, 1.82) is 0 Å². The minimum absolute atomic E-state index is 0.257. The molecule has 2 nitrogen and oxygen atoms in total. The van der Waals surface area contributed by atoms with Crippen molar-refractivity contribution in [2.75, 3.05) is 0 Å². The number of rotatable bonds is 3. The molecule has 0 aromatic heterocycles. The fourth-order valence-electron chi connectivity index (χ4n) is 4.37. The van der Waals surface area contributed by atoms with Gasteiger partial charge in [-0.1, -0.05) is 20.4 Å². The van der Waals surface area contributed by atoms with Gasteiger partial charge in [0.15, 0.2) is 0 Å². The van der Waals surface area contributed by atoms with Crippen molar-refractivity contribution in [1.82, 2.24) is 0 Å². The van der Waals surface area contributed by atoms with Gasteiger partial charge in [-0.2, -0.15) is 0 Å². The molecule has 0 amide bonds. The molecule has 2 aliphatic carbocycles. The molecule has 2 heteroatoms. The Morgan fingerprint density at radius 3 is 2.72 bits per heavy atom. The van der Waals surface area contributed by atoms with E-state index in [0.29, 0.717) is 11.8 Å². The standard InChI is InChI=1S/C16H26O2/c1-5-13-9-12-7-11(3)8-14(10-12)16(13,4)18-15(17)6-2/h6,11-14H,2,5,7-10H2,1,3-4H3. The molecule has 2 bridgehead atoms. The van der Waals surface area contributed by atoms with Gasteiger partial charge < -0.3 is 4.74 Å².